The third kappa shape index (κ3) is 5.17. The van der Waals surface area contributed by atoms with Gasteiger partial charge in [0.2, 0.25) is 11.8 Å². The molecule has 1 aromatic rings. The normalized spacial score (nSPS) is 17.2. The molecule has 1 heterocycles. The highest BCUT2D eigenvalue weighted by atomic mass is 35.5. The van der Waals surface area contributed by atoms with Gasteiger partial charge >= 0.3 is 5.97 Å². The van der Waals surface area contributed by atoms with E-state index in [0.717, 1.165) is 0 Å². The second-order valence-corrected chi connectivity index (χ2v) is 6.78. The second-order valence-electron chi connectivity index (χ2n) is 6.34. The molecule has 0 saturated carbocycles. The van der Waals surface area contributed by atoms with Crippen LogP contribution in [0.25, 0.3) is 0 Å². The number of nitrogens with zero attached hydrogens (tertiary/aromatic N) is 3. The summed E-state index contributed by atoms with van der Waals surface area (Å²) in [6, 6.07) is 6.84. The fraction of sp³-hybridized carbons (Fsp3) is 0.471. The van der Waals surface area contributed by atoms with E-state index in [1.807, 2.05) is 19.0 Å². The van der Waals surface area contributed by atoms with Gasteiger partial charge in [-0.3, -0.25) is 14.4 Å². The molecule has 2 amide bonds. The Bertz CT molecular complexity index is 648. The highest BCUT2D eigenvalue weighted by Gasteiger charge is 2.37. The van der Waals surface area contributed by atoms with Crippen LogP contribution < -0.4 is 4.90 Å². The number of amides is 2. The molecule has 1 saturated heterocycles. The van der Waals surface area contributed by atoms with Gasteiger partial charge in [0.1, 0.15) is 6.54 Å². The summed E-state index contributed by atoms with van der Waals surface area (Å²) in [4.78, 5) is 40.8. The quantitative estimate of drug-likeness (QED) is 0.782. The Labute approximate surface area is 151 Å². The number of hydrogen-bond acceptors (Lipinski definition) is 4. The maximum atomic E-state index is 12.7. The van der Waals surface area contributed by atoms with Crippen molar-refractivity contribution >= 4 is 35.1 Å². The lowest BCUT2D eigenvalue weighted by molar-refractivity contribution is -0.146. The van der Waals surface area contributed by atoms with Crippen LogP contribution >= 0.6 is 11.6 Å². The van der Waals surface area contributed by atoms with Crippen LogP contribution in [0, 0.1) is 5.92 Å². The van der Waals surface area contributed by atoms with E-state index >= 15 is 0 Å². The van der Waals surface area contributed by atoms with Crippen molar-refractivity contribution < 1.29 is 19.5 Å². The smallest absolute Gasteiger partial charge is 0.323 e. The number of aliphatic carboxylic acids is 1. The van der Waals surface area contributed by atoms with E-state index in [1.165, 1.54) is 4.90 Å². The first-order valence-electron chi connectivity index (χ1n) is 7.99. The third-order valence-corrected chi connectivity index (χ3v) is 4.32. The minimum Gasteiger partial charge on any atom is -0.480 e. The molecule has 1 aliphatic rings. The zero-order valence-corrected chi connectivity index (χ0v) is 15.1. The summed E-state index contributed by atoms with van der Waals surface area (Å²) in [5.74, 6) is -2.05. The van der Waals surface area contributed by atoms with Gasteiger partial charge in [-0.2, -0.15) is 0 Å². The number of likely N-dealkylation sites (N-methyl/N-ethyl adjacent to an activating group) is 1. The molecule has 0 aliphatic carbocycles. The van der Waals surface area contributed by atoms with Crippen molar-refractivity contribution in [3.63, 3.8) is 0 Å². The van der Waals surface area contributed by atoms with E-state index in [1.54, 1.807) is 29.2 Å². The molecule has 1 N–H and O–H groups in total. The lowest BCUT2D eigenvalue weighted by Crippen LogP contribution is -2.43. The van der Waals surface area contributed by atoms with Crippen molar-refractivity contribution in [1.29, 1.82) is 0 Å². The van der Waals surface area contributed by atoms with Gasteiger partial charge in [0.25, 0.3) is 0 Å². The molecule has 1 aliphatic heterocycles. The third-order valence-electron chi connectivity index (χ3n) is 4.07. The van der Waals surface area contributed by atoms with Crippen molar-refractivity contribution in [2.75, 3.05) is 45.2 Å². The van der Waals surface area contributed by atoms with E-state index in [4.69, 9.17) is 16.7 Å². The van der Waals surface area contributed by atoms with Crippen molar-refractivity contribution in [3.05, 3.63) is 29.3 Å². The molecule has 0 spiro atoms. The summed E-state index contributed by atoms with van der Waals surface area (Å²) >= 11 is 5.86. The fourth-order valence-corrected chi connectivity index (χ4v) is 2.88. The van der Waals surface area contributed by atoms with Gasteiger partial charge in [-0.25, -0.2) is 0 Å². The lowest BCUT2D eigenvalue weighted by Gasteiger charge is -2.25. The Kier molecular flexibility index (Phi) is 6.39. The minimum absolute atomic E-state index is 0.0829. The van der Waals surface area contributed by atoms with Gasteiger partial charge in [0, 0.05) is 36.8 Å². The molecule has 25 heavy (non-hydrogen) atoms. The number of carbonyl (C=O) groups excluding carboxylic acids is 2. The molecule has 1 aromatic carbocycles. The largest absolute Gasteiger partial charge is 0.480 e. The van der Waals surface area contributed by atoms with Gasteiger partial charge in [-0.1, -0.05) is 11.6 Å². The maximum Gasteiger partial charge on any atom is 0.323 e. The molecule has 2 rings (SSSR count). The van der Waals surface area contributed by atoms with Gasteiger partial charge in [-0.15, -0.1) is 0 Å². The average molecular weight is 368 g/mol. The predicted molar refractivity (Wildman–Crippen MR) is 94.7 cm³/mol. The lowest BCUT2D eigenvalue weighted by atomic mass is 10.1. The highest BCUT2D eigenvalue weighted by Crippen LogP contribution is 2.27. The SMILES string of the molecule is CN(C)CCN(CC(=O)O)C(=O)[C@@H]1CC(=O)N(c2ccc(Cl)cc2)C1. The molecule has 7 nitrogen and oxygen atoms in total. The summed E-state index contributed by atoms with van der Waals surface area (Å²) in [7, 11) is 3.70. The van der Waals surface area contributed by atoms with E-state index in [0.29, 0.717) is 23.8 Å². The van der Waals surface area contributed by atoms with Crippen LogP contribution in [0.1, 0.15) is 6.42 Å². The van der Waals surface area contributed by atoms with E-state index in [9.17, 15) is 14.4 Å². The zero-order chi connectivity index (χ0) is 18.6. The molecular formula is C17H22ClN3O4. The molecule has 0 radical (unpaired) electrons. The van der Waals surface area contributed by atoms with Gasteiger partial charge in [-0.05, 0) is 38.4 Å². The van der Waals surface area contributed by atoms with Crippen molar-refractivity contribution in [1.82, 2.24) is 9.80 Å². The summed E-state index contributed by atoms with van der Waals surface area (Å²) in [5.41, 5.74) is 0.683. The fourth-order valence-electron chi connectivity index (χ4n) is 2.75. The van der Waals surface area contributed by atoms with Crippen molar-refractivity contribution in [3.8, 4) is 0 Å². The van der Waals surface area contributed by atoms with Crippen LogP contribution in [-0.4, -0.2) is 73.0 Å². The van der Waals surface area contributed by atoms with Crippen molar-refractivity contribution in [2.24, 2.45) is 5.92 Å². The first-order chi connectivity index (χ1) is 11.8. The predicted octanol–water partition coefficient (Wildman–Crippen LogP) is 1.17. The van der Waals surface area contributed by atoms with Crippen LogP contribution in [0.3, 0.4) is 0 Å². The summed E-state index contributed by atoms with van der Waals surface area (Å²) in [6.45, 7) is 0.750. The van der Waals surface area contributed by atoms with Gasteiger partial charge in [0.15, 0.2) is 0 Å². The summed E-state index contributed by atoms with van der Waals surface area (Å²) in [6.07, 6.45) is 0.0829. The Hall–Kier alpha value is -2.12. The Morgan fingerprint density at radius 2 is 1.88 bits per heavy atom. The Balaban J connectivity index is 2.08. The summed E-state index contributed by atoms with van der Waals surface area (Å²) < 4.78 is 0. The highest BCUT2D eigenvalue weighted by molar-refractivity contribution is 6.30. The number of carbonyl (C=O) groups is 3. The van der Waals surface area contributed by atoms with Gasteiger partial charge in [0.05, 0.1) is 5.92 Å². The number of hydrogen-bond donors (Lipinski definition) is 1. The van der Waals surface area contributed by atoms with Crippen LogP contribution in [0.15, 0.2) is 24.3 Å². The number of anilines is 1. The topological polar surface area (TPSA) is 81.2 Å². The van der Waals surface area contributed by atoms with E-state index < -0.39 is 11.9 Å². The van der Waals surface area contributed by atoms with Crippen LogP contribution in [0.2, 0.25) is 5.02 Å². The van der Waals surface area contributed by atoms with Gasteiger partial charge < -0.3 is 19.8 Å². The first-order valence-corrected chi connectivity index (χ1v) is 8.37. The summed E-state index contributed by atoms with van der Waals surface area (Å²) in [5, 5.41) is 9.62. The molecule has 8 heteroatoms. The number of carboxylic acid groups (broad SMARTS) is 1. The van der Waals surface area contributed by atoms with E-state index in [2.05, 4.69) is 0 Å². The minimum atomic E-state index is -1.06. The molecule has 1 fully saturated rings. The van der Waals surface area contributed by atoms with Crippen LogP contribution in [0.4, 0.5) is 5.69 Å². The number of halogens is 1. The molecule has 1 atom stereocenters. The second kappa shape index (κ2) is 8.31. The first kappa shape index (κ1) is 19.2. The molecule has 0 aromatic heterocycles. The van der Waals surface area contributed by atoms with Crippen molar-refractivity contribution in [2.45, 2.75) is 6.42 Å². The number of benzene rings is 1. The number of rotatable bonds is 7. The Morgan fingerprint density at radius 3 is 2.44 bits per heavy atom. The molecule has 0 unspecified atom stereocenters. The molecule has 0 bridgehead atoms. The molecular weight excluding hydrogens is 346 g/mol. The number of carboxylic acids is 1. The average Bonchev–Trinajstić information content (AvgIpc) is 2.93. The Morgan fingerprint density at radius 1 is 1.24 bits per heavy atom. The van der Waals surface area contributed by atoms with E-state index in [-0.39, 0.29) is 31.3 Å². The van der Waals surface area contributed by atoms with Crippen LogP contribution in [-0.2, 0) is 14.4 Å². The molecule has 136 valence electrons. The monoisotopic (exact) mass is 367 g/mol. The standard InChI is InChI=1S/C17H22ClN3O4/c1-19(2)7-8-20(11-16(23)24)17(25)12-9-15(22)21(10-12)14-5-3-13(18)4-6-14/h3-6,12H,7-11H2,1-2H3,(H,23,24)/t12-/m1/s1. The maximum absolute atomic E-state index is 12.7. The van der Waals surface area contributed by atoms with Crippen LogP contribution in [0.5, 0.6) is 0 Å². The zero-order valence-electron chi connectivity index (χ0n) is 14.3.